The zero-order valence-corrected chi connectivity index (χ0v) is 16.7. The second kappa shape index (κ2) is 10.0. The van der Waals surface area contributed by atoms with Crippen molar-refractivity contribution in [3.05, 3.63) is 52.3 Å². The number of halogens is 2. The van der Waals surface area contributed by atoms with E-state index < -0.39 is 6.10 Å². The van der Waals surface area contributed by atoms with Crippen molar-refractivity contribution in [1.82, 2.24) is 9.97 Å². The molecule has 0 saturated heterocycles. The summed E-state index contributed by atoms with van der Waals surface area (Å²) in [5.41, 5.74) is 2.21. The molecule has 28 heavy (non-hydrogen) atoms. The van der Waals surface area contributed by atoms with E-state index >= 15 is 0 Å². The molecule has 0 spiro atoms. The molecule has 1 N–H and O–H groups in total. The molecule has 1 aliphatic rings. The molecule has 1 atom stereocenters. The number of H-pyrrole nitrogens is 1. The van der Waals surface area contributed by atoms with Gasteiger partial charge in [-0.1, -0.05) is 11.6 Å². The van der Waals surface area contributed by atoms with Gasteiger partial charge in [0.25, 0.3) is 0 Å². The Balaban J connectivity index is 1.64. The van der Waals surface area contributed by atoms with Crippen molar-refractivity contribution >= 4 is 22.6 Å². The van der Waals surface area contributed by atoms with Gasteiger partial charge in [-0.25, -0.2) is 9.37 Å². The van der Waals surface area contributed by atoms with Gasteiger partial charge in [0.2, 0.25) is 0 Å². The summed E-state index contributed by atoms with van der Waals surface area (Å²) in [6, 6.07) is 1.83. The van der Waals surface area contributed by atoms with E-state index in [9.17, 15) is 4.39 Å². The maximum Gasteiger partial charge on any atom is 0.137 e. The van der Waals surface area contributed by atoms with Crippen molar-refractivity contribution in [2.45, 2.75) is 18.9 Å². The topological polar surface area (TPSA) is 65.6 Å². The van der Waals surface area contributed by atoms with Crippen molar-refractivity contribution in [3.63, 3.8) is 0 Å². The van der Waals surface area contributed by atoms with Crippen LogP contribution in [0.15, 0.2) is 41.7 Å². The van der Waals surface area contributed by atoms with Gasteiger partial charge < -0.3 is 23.9 Å². The van der Waals surface area contributed by atoms with Gasteiger partial charge in [-0.2, -0.15) is 0 Å². The van der Waals surface area contributed by atoms with Gasteiger partial charge in [-0.15, -0.1) is 0 Å². The number of hydrogen-bond acceptors (Lipinski definition) is 5. The van der Waals surface area contributed by atoms with E-state index in [0.717, 1.165) is 16.6 Å². The summed E-state index contributed by atoms with van der Waals surface area (Å²) < 4.78 is 36.2. The highest BCUT2D eigenvalue weighted by atomic mass is 35.5. The number of nitrogens with zero attached hydrogens (tertiary/aromatic N) is 1. The maximum atomic E-state index is 14.8. The summed E-state index contributed by atoms with van der Waals surface area (Å²) >= 11 is 6.04. The molecule has 3 rings (SSSR count). The zero-order chi connectivity index (χ0) is 19.9. The van der Waals surface area contributed by atoms with Crippen LogP contribution in [0, 0.1) is 0 Å². The molecule has 0 radical (unpaired) electrons. The summed E-state index contributed by atoms with van der Waals surface area (Å²) in [6.07, 6.45) is 5.20. The fourth-order valence-electron chi connectivity index (χ4n) is 3.09. The predicted octanol–water partition coefficient (Wildman–Crippen LogP) is 3.96. The maximum absolute atomic E-state index is 14.8. The number of nitrogens with one attached hydrogen (secondary N) is 1. The molecule has 0 bridgehead atoms. The Morgan fingerprint density at radius 3 is 2.86 bits per heavy atom. The smallest absolute Gasteiger partial charge is 0.137 e. The molecule has 6 nitrogen and oxygen atoms in total. The zero-order valence-electron chi connectivity index (χ0n) is 16.0. The van der Waals surface area contributed by atoms with Crippen molar-refractivity contribution in [2.24, 2.45) is 0 Å². The first-order chi connectivity index (χ1) is 13.6. The lowest BCUT2D eigenvalue weighted by atomic mass is 9.96. The van der Waals surface area contributed by atoms with Crippen LogP contribution in [-0.2, 0) is 25.4 Å². The molecule has 1 unspecified atom stereocenters. The average molecular weight is 411 g/mol. The third kappa shape index (κ3) is 5.11. The van der Waals surface area contributed by atoms with E-state index in [4.69, 9.17) is 30.5 Å². The largest absolute Gasteiger partial charge is 0.498 e. The van der Waals surface area contributed by atoms with Crippen molar-refractivity contribution in [1.29, 1.82) is 0 Å². The van der Waals surface area contributed by atoms with Gasteiger partial charge in [0.15, 0.2) is 0 Å². The van der Waals surface area contributed by atoms with Crippen LogP contribution < -0.4 is 0 Å². The lowest BCUT2D eigenvalue weighted by Gasteiger charge is -2.24. The summed E-state index contributed by atoms with van der Waals surface area (Å²) in [4.78, 5) is 7.33. The van der Waals surface area contributed by atoms with Crippen LogP contribution in [0.25, 0.3) is 11.0 Å². The molecule has 0 aromatic carbocycles. The van der Waals surface area contributed by atoms with Crippen LogP contribution in [0.3, 0.4) is 0 Å². The number of ether oxygens (including phenoxy) is 4. The number of fused-ring (bicyclic) bond motifs is 1. The molecule has 0 fully saturated rings. The van der Waals surface area contributed by atoms with Crippen molar-refractivity contribution in [3.8, 4) is 0 Å². The molecule has 2 aromatic heterocycles. The summed E-state index contributed by atoms with van der Waals surface area (Å²) in [5.74, 6) is 0.389. The molecule has 0 amide bonds. The molecule has 8 heteroatoms. The molecule has 0 saturated carbocycles. The Bertz CT molecular complexity index is 865. The van der Waals surface area contributed by atoms with E-state index in [2.05, 4.69) is 9.97 Å². The first-order valence-electron chi connectivity index (χ1n) is 9.05. The normalized spacial score (nSPS) is 17.3. The number of methoxy groups -OCH3 is 2. The fraction of sp³-hybridized carbons (Fsp3) is 0.450. The second-order valence-corrected chi connectivity index (χ2v) is 6.83. The van der Waals surface area contributed by atoms with Gasteiger partial charge in [0.1, 0.15) is 23.3 Å². The summed E-state index contributed by atoms with van der Waals surface area (Å²) in [5, 5.41) is 1.42. The van der Waals surface area contributed by atoms with Gasteiger partial charge in [0, 0.05) is 37.7 Å². The second-order valence-electron chi connectivity index (χ2n) is 6.39. The van der Waals surface area contributed by atoms with Crippen molar-refractivity contribution in [2.75, 3.05) is 40.6 Å². The molecular formula is C20H24ClFN2O4. The lowest BCUT2D eigenvalue weighted by molar-refractivity contribution is -0.0125. The molecule has 152 valence electrons. The Morgan fingerprint density at radius 1 is 1.25 bits per heavy atom. The third-order valence-electron chi connectivity index (χ3n) is 4.53. The Morgan fingerprint density at radius 2 is 2.07 bits per heavy atom. The minimum atomic E-state index is -0.459. The Kier molecular flexibility index (Phi) is 7.44. The van der Waals surface area contributed by atoms with Crippen LogP contribution in [0.1, 0.15) is 12.0 Å². The number of rotatable bonds is 10. The van der Waals surface area contributed by atoms with E-state index in [0.29, 0.717) is 49.2 Å². The molecule has 0 aliphatic heterocycles. The minimum Gasteiger partial charge on any atom is -0.498 e. The van der Waals surface area contributed by atoms with E-state index in [1.54, 1.807) is 26.5 Å². The van der Waals surface area contributed by atoms with Crippen molar-refractivity contribution < 1.29 is 23.3 Å². The molecule has 1 aliphatic carbocycles. The SMILES string of the molecule is COCCOCCOC1CC(F)=C(Cc2c[nH]c3ncc(Cl)cc23)C=C1OC. The number of allylic oxidation sites excluding steroid dienone is 2. The predicted molar refractivity (Wildman–Crippen MR) is 105 cm³/mol. The Labute approximate surface area is 168 Å². The number of aromatic amines is 1. The van der Waals surface area contributed by atoms with Crippen LogP contribution in [-0.4, -0.2) is 56.7 Å². The Hall–Kier alpha value is -1.93. The first-order valence-corrected chi connectivity index (χ1v) is 9.43. The number of hydrogen-bond donors (Lipinski definition) is 1. The molecular weight excluding hydrogens is 387 g/mol. The highest BCUT2D eigenvalue weighted by molar-refractivity contribution is 6.31. The van der Waals surface area contributed by atoms with Crippen LogP contribution in [0.4, 0.5) is 4.39 Å². The van der Waals surface area contributed by atoms with E-state index in [1.807, 2.05) is 12.3 Å². The van der Waals surface area contributed by atoms with Gasteiger partial charge in [-0.3, -0.25) is 0 Å². The fourth-order valence-corrected chi connectivity index (χ4v) is 3.25. The third-order valence-corrected chi connectivity index (χ3v) is 4.73. The van der Waals surface area contributed by atoms with Crippen LogP contribution in [0.2, 0.25) is 5.02 Å². The van der Waals surface area contributed by atoms with E-state index in [-0.39, 0.29) is 12.2 Å². The number of pyridine rings is 1. The van der Waals surface area contributed by atoms with Gasteiger partial charge >= 0.3 is 0 Å². The highest BCUT2D eigenvalue weighted by Gasteiger charge is 2.25. The highest BCUT2D eigenvalue weighted by Crippen LogP contribution is 2.31. The standard InChI is InChI=1S/C20H24ClFN2O4/c1-25-3-4-27-5-6-28-19-10-17(22)13(8-18(19)26-2)7-14-11-23-20-16(14)9-15(21)12-24-20/h8-9,11-12,19H,3-7,10H2,1-2H3,(H,23,24). The van der Waals surface area contributed by atoms with Crippen LogP contribution in [0.5, 0.6) is 0 Å². The monoisotopic (exact) mass is 410 g/mol. The van der Waals surface area contributed by atoms with E-state index in [1.165, 1.54) is 0 Å². The lowest BCUT2D eigenvalue weighted by Crippen LogP contribution is -2.23. The first kappa shape index (κ1) is 20.8. The summed E-state index contributed by atoms with van der Waals surface area (Å²) in [7, 11) is 3.18. The average Bonchev–Trinajstić information content (AvgIpc) is 3.08. The summed E-state index contributed by atoms with van der Waals surface area (Å²) in [6.45, 7) is 1.80. The quantitative estimate of drug-likeness (QED) is 0.600. The van der Waals surface area contributed by atoms with Gasteiger partial charge in [0.05, 0.1) is 38.6 Å². The minimum absolute atomic E-state index is 0.133. The van der Waals surface area contributed by atoms with Gasteiger partial charge in [-0.05, 0) is 23.3 Å². The molecule has 2 aromatic rings. The van der Waals surface area contributed by atoms with Crippen LogP contribution >= 0.6 is 11.6 Å². The number of aromatic nitrogens is 2. The molecule has 2 heterocycles.